The van der Waals surface area contributed by atoms with Gasteiger partial charge in [-0.15, -0.1) is 0 Å². The van der Waals surface area contributed by atoms with E-state index in [4.69, 9.17) is 0 Å². The average molecular weight is 192 g/mol. The number of nitrogens with one attached hydrogen (secondary N) is 1. The number of piperidine rings is 1. The van der Waals surface area contributed by atoms with Gasteiger partial charge in [-0.25, -0.2) is 0 Å². The predicted molar refractivity (Wildman–Crippen MR) is 55.6 cm³/mol. The van der Waals surface area contributed by atoms with Gasteiger partial charge in [0.05, 0.1) is 0 Å². The summed E-state index contributed by atoms with van der Waals surface area (Å²) in [4.78, 5) is 11.1. The smallest absolute Gasteiger partial charge is 0.161 e. The van der Waals surface area contributed by atoms with E-state index in [1.165, 1.54) is 0 Å². The number of carbonyl (C=O) groups is 1. The molecule has 0 atom stereocenters. The predicted octanol–water partition coefficient (Wildman–Crippen LogP) is 1.62. The molecule has 1 aromatic heterocycles. The molecular weight excluding hydrogens is 176 g/mol. The summed E-state index contributed by atoms with van der Waals surface area (Å²) in [7, 11) is 0. The van der Waals surface area contributed by atoms with Crippen LogP contribution in [-0.2, 0) is 0 Å². The largest absolute Gasteiger partial charge is 0.350 e. The van der Waals surface area contributed by atoms with Crippen molar-refractivity contribution in [3.8, 4) is 0 Å². The lowest BCUT2D eigenvalue weighted by Crippen LogP contribution is -2.28. The van der Waals surface area contributed by atoms with E-state index in [-0.39, 0.29) is 5.78 Å². The third-order valence-electron chi connectivity index (χ3n) is 2.85. The third kappa shape index (κ3) is 1.87. The number of hydrogen-bond donors (Lipinski definition) is 1. The Morgan fingerprint density at radius 3 is 2.79 bits per heavy atom. The molecule has 0 radical (unpaired) electrons. The van der Waals surface area contributed by atoms with E-state index in [1.54, 1.807) is 6.92 Å². The summed E-state index contributed by atoms with van der Waals surface area (Å²) < 4.78 is 2.18. The number of aromatic nitrogens is 1. The molecule has 2 rings (SSSR count). The van der Waals surface area contributed by atoms with E-state index >= 15 is 0 Å². The summed E-state index contributed by atoms with van der Waals surface area (Å²) in [5, 5.41) is 3.33. The lowest BCUT2D eigenvalue weighted by atomic mass is 10.1. The van der Waals surface area contributed by atoms with Crippen LogP contribution in [0.5, 0.6) is 0 Å². The molecule has 3 heteroatoms. The van der Waals surface area contributed by atoms with Crippen LogP contribution in [0.3, 0.4) is 0 Å². The lowest BCUT2D eigenvalue weighted by molar-refractivity contribution is 0.101. The minimum absolute atomic E-state index is 0.151. The maximum Gasteiger partial charge on any atom is 0.161 e. The molecule has 1 N–H and O–H groups in total. The Kier molecular flexibility index (Phi) is 2.68. The molecule has 2 heterocycles. The Bertz CT molecular complexity index is 324. The van der Waals surface area contributed by atoms with Gasteiger partial charge in [-0.3, -0.25) is 4.79 Å². The molecule has 1 saturated heterocycles. The highest BCUT2D eigenvalue weighted by atomic mass is 16.1. The highest BCUT2D eigenvalue weighted by Gasteiger charge is 2.14. The second kappa shape index (κ2) is 3.96. The van der Waals surface area contributed by atoms with E-state index < -0.39 is 0 Å². The van der Waals surface area contributed by atoms with E-state index in [1.807, 2.05) is 18.5 Å². The van der Waals surface area contributed by atoms with Gasteiger partial charge in [0.25, 0.3) is 0 Å². The van der Waals surface area contributed by atoms with Crippen molar-refractivity contribution in [1.29, 1.82) is 0 Å². The van der Waals surface area contributed by atoms with Crippen molar-refractivity contribution >= 4 is 5.78 Å². The van der Waals surface area contributed by atoms with Crippen molar-refractivity contribution in [2.45, 2.75) is 25.8 Å². The Labute approximate surface area is 84.1 Å². The molecule has 0 amide bonds. The fourth-order valence-electron chi connectivity index (χ4n) is 1.95. The van der Waals surface area contributed by atoms with Gasteiger partial charge in [0, 0.05) is 24.0 Å². The van der Waals surface area contributed by atoms with Gasteiger partial charge < -0.3 is 9.88 Å². The first-order valence-electron chi connectivity index (χ1n) is 5.16. The first-order chi connectivity index (χ1) is 6.77. The SMILES string of the molecule is CC(=O)c1ccn(C2CCNCC2)c1. The normalized spacial score (nSPS) is 18.4. The second-order valence-electron chi connectivity index (χ2n) is 3.88. The molecule has 0 unspecified atom stereocenters. The van der Waals surface area contributed by atoms with Crippen LogP contribution in [0.25, 0.3) is 0 Å². The number of hydrogen-bond acceptors (Lipinski definition) is 2. The Morgan fingerprint density at radius 1 is 1.50 bits per heavy atom. The zero-order chi connectivity index (χ0) is 9.97. The van der Waals surface area contributed by atoms with Crippen LogP contribution in [0.2, 0.25) is 0 Å². The molecule has 0 bridgehead atoms. The van der Waals surface area contributed by atoms with E-state index in [2.05, 4.69) is 9.88 Å². The molecular formula is C11H16N2O. The summed E-state index contributed by atoms with van der Waals surface area (Å²) >= 11 is 0. The molecule has 76 valence electrons. The summed E-state index contributed by atoms with van der Waals surface area (Å²) in [5.41, 5.74) is 0.823. The van der Waals surface area contributed by atoms with Crippen molar-refractivity contribution in [3.63, 3.8) is 0 Å². The molecule has 1 aliphatic rings. The Balaban J connectivity index is 2.11. The summed E-state index contributed by atoms with van der Waals surface area (Å²) in [5.74, 6) is 0.151. The van der Waals surface area contributed by atoms with Crippen LogP contribution in [0, 0.1) is 0 Å². The summed E-state index contributed by atoms with van der Waals surface area (Å²) in [6, 6.07) is 2.48. The first kappa shape index (κ1) is 9.46. The highest BCUT2D eigenvalue weighted by Crippen LogP contribution is 2.19. The van der Waals surface area contributed by atoms with E-state index in [9.17, 15) is 4.79 Å². The molecule has 0 spiro atoms. The highest BCUT2D eigenvalue weighted by molar-refractivity contribution is 5.93. The second-order valence-corrected chi connectivity index (χ2v) is 3.88. The summed E-state index contributed by atoms with van der Waals surface area (Å²) in [6.45, 7) is 3.78. The lowest BCUT2D eigenvalue weighted by Gasteiger charge is -2.24. The molecule has 1 aliphatic heterocycles. The molecule has 0 saturated carbocycles. The van der Waals surface area contributed by atoms with Gasteiger partial charge in [0.15, 0.2) is 5.78 Å². The maximum atomic E-state index is 11.1. The monoisotopic (exact) mass is 192 g/mol. The van der Waals surface area contributed by atoms with Crippen molar-refractivity contribution in [3.05, 3.63) is 24.0 Å². The van der Waals surface area contributed by atoms with Gasteiger partial charge in [-0.05, 0) is 38.9 Å². The van der Waals surface area contributed by atoms with Crippen LogP contribution >= 0.6 is 0 Å². The number of nitrogens with zero attached hydrogens (tertiary/aromatic N) is 1. The molecule has 0 aliphatic carbocycles. The van der Waals surface area contributed by atoms with Crippen molar-refractivity contribution < 1.29 is 4.79 Å². The molecule has 1 aromatic rings. The number of ketones is 1. The van der Waals surface area contributed by atoms with E-state index in [0.29, 0.717) is 6.04 Å². The molecule has 14 heavy (non-hydrogen) atoms. The topological polar surface area (TPSA) is 34.0 Å². The van der Waals surface area contributed by atoms with Gasteiger partial charge in [0.1, 0.15) is 0 Å². The number of carbonyl (C=O) groups excluding carboxylic acids is 1. The number of Topliss-reactive ketones (excluding diaryl/α,β-unsaturated/α-hetero) is 1. The standard InChI is InChI=1S/C11H16N2O/c1-9(14)10-4-7-13(8-10)11-2-5-12-6-3-11/h4,7-8,11-12H,2-3,5-6H2,1H3. The van der Waals surface area contributed by atoms with Crippen molar-refractivity contribution in [2.24, 2.45) is 0 Å². The zero-order valence-electron chi connectivity index (χ0n) is 8.49. The molecule has 0 aromatic carbocycles. The minimum Gasteiger partial charge on any atom is -0.350 e. The quantitative estimate of drug-likeness (QED) is 0.722. The Hall–Kier alpha value is -1.09. The molecule has 3 nitrogen and oxygen atoms in total. The van der Waals surface area contributed by atoms with Crippen LogP contribution in [0.15, 0.2) is 18.5 Å². The average Bonchev–Trinajstić information content (AvgIpc) is 2.68. The maximum absolute atomic E-state index is 11.1. The summed E-state index contributed by atoms with van der Waals surface area (Å²) in [6.07, 6.45) is 6.31. The van der Waals surface area contributed by atoms with Gasteiger partial charge in [-0.1, -0.05) is 0 Å². The minimum atomic E-state index is 0.151. The molecule has 1 fully saturated rings. The van der Waals surface area contributed by atoms with Crippen LogP contribution in [0.1, 0.15) is 36.2 Å². The van der Waals surface area contributed by atoms with Crippen LogP contribution < -0.4 is 5.32 Å². The van der Waals surface area contributed by atoms with Crippen molar-refractivity contribution in [1.82, 2.24) is 9.88 Å². The zero-order valence-corrected chi connectivity index (χ0v) is 8.49. The van der Waals surface area contributed by atoms with Gasteiger partial charge >= 0.3 is 0 Å². The van der Waals surface area contributed by atoms with Crippen LogP contribution in [-0.4, -0.2) is 23.4 Å². The first-order valence-corrected chi connectivity index (χ1v) is 5.16. The fraction of sp³-hybridized carbons (Fsp3) is 0.545. The van der Waals surface area contributed by atoms with Gasteiger partial charge in [-0.2, -0.15) is 0 Å². The fourth-order valence-corrected chi connectivity index (χ4v) is 1.95. The number of rotatable bonds is 2. The Morgan fingerprint density at radius 2 is 2.21 bits per heavy atom. The van der Waals surface area contributed by atoms with Crippen molar-refractivity contribution in [2.75, 3.05) is 13.1 Å². The van der Waals surface area contributed by atoms with Crippen LogP contribution in [0.4, 0.5) is 0 Å². The van der Waals surface area contributed by atoms with E-state index in [0.717, 1.165) is 31.5 Å². The van der Waals surface area contributed by atoms with Gasteiger partial charge in [0.2, 0.25) is 0 Å². The third-order valence-corrected chi connectivity index (χ3v) is 2.85.